The Bertz CT molecular complexity index is 2180. The van der Waals surface area contributed by atoms with Crippen LogP contribution < -0.4 is 31.1 Å². The van der Waals surface area contributed by atoms with Gasteiger partial charge >= 0.3 is 11.9 Å². The van der Waals surface area contributed by atoms with E-state index in [1.165, 1.54) is 38.5 Å². The second-order valence-corrected chi connectivity index (χ2v) is 32.0. The lowest BCUT2D eigenvalue weighted by Crippen LogP contribution is -2.43. The first kappa shape index (κ1) is 104. The van der Waals surface area contributed by atoms with Crippen molar-refractivity contribution in [1.82, 2.24) is 21.3 Å². The molecule has 0 rings (SSSR count). The summed E-state index contributed by atoms with van der Waals surface area (Å²) in [5.41, 5.74) is 0. The topological polar surface area (TPSA) is 345 Å². The van der Waals surface area contributed by atoms with E-state index in [4.69, 9.17) is 37.0 Å². The first-order valence-corrected chi connectivity index (χ1v) is 45.7. The minimum atomic E-state index is -4.94. The van der Waals surface area contributed by atoms with Crippen LogP contribution >= 0.6 is 15.6 Å². The Hall–Kier alpha value is -3.64. The molecule has 0 aromatic rings. The van der Waals surface area contributed by atoms with Crippen LogP contribution in [0.5, 0.6) is 0 Å². The Labute approximate surface area is 653 Å². The third kappa shape index (κ3) is 71.4. The summed E-state index contributed by atoms with van der Waals surface area (Å²) >= 11 is 0. The third-order valence-electron chi connectivity index (χ3n) is 18.6. The lowest BCUT2D eigenvalue weighted by molar-refractivity contribution is -0.227. The van der Waals surface area contributed by atoms with Crippen molar-refractivity contribution in [1.29, 1.82) is 0 Å². The number of nitrogens with one attached hydrogen (secondary N) is 4. The molecule has 0 spiro atoms. The summed E-state index contributed by atoms with van der Waals surface area (Å²) in [5, 5.41) is 32.0. The molecule has 108 heavy (non-hydrogen) atoms. The summed E-state index contributed by atoms with van der Waals surface area (Å²) in [5.74, 6) is -2.36. The number of phosphoric acid groups is 2. The van der Waals surface area contributed by atoms with Crippen molar-refractivity contribution in [3.63, 3.8) is 0 Å². The highest BCUT2D eigenvalue weighted by molar-refractivity contribution is 7.46. The normalized spacial score (nSPS) is 14.6. The molecule has 0 radical (unpaired) electrons. The SMILES string of the molecule is CCCCCC/C=C\CCCC(=O)O[C@H](CCCCCCC)CC(=O)NC(COCCC(O)CCCCCCC)COP(=O)([O-])OCCNC(=O)CCCCCCC(=O)NCCOP(=O)([O-])OCC(COCCC(O)CCCCCCC)NC(=O)C[C@@H](CCCCCCC)OC(=O)CCC/C=C\CCCCCC. The summed E-state index contributed by atoms with van der Waals surface area (Å²) in [7, 11) is -9.89. The number of aliphatic hydroxyl groups is 2. The van der Waals surface area contributed by atoms with Gasteiger partial charge in [-0.15, -0.1) is 0 Å². The van der Waals surface area contributed by atoms with Gasteiger partial charge < -0.3 is 78.3 Å². The minimum Gasteiger partial charge on any atom is -0.756 e. The maximum Gasteiger partial charge on any atom is 0.306 e. The number of hydrogen-bond acceptors (Lipinski definition) is 20. The average Bonchev–Trinajstić information content (AvgIpc) is 0.907. The van der Waals surface area contributed by atoms with Gasteiger partial charge in [0.1, 0.15) is 12.2 Å². The molecule has 0 saturated carbocycles. The van der Waals surface area contributed by atoms with Gasteiger partial charge in [0.05, 0.1) is 76.8 Å². The molecule has 0 aliphatic carbocycles. The highest BCUT2D eigenvalue weighted by Crippen LogP contribution is 2.39. The molecule has 24 nitrogen and oxygen atoms in total. The number of ether oxygens (including phenoxy) is 4. The second kappa shape index (κ2) is 74.8. The van der Waals surface area contributed by atoms with E-state index >= 15 is 0 Å². The first-order chi connectivity index (χ1) is 52.2. The third-order valence-corrected chi connectivity index (χ3v) is 20.5. The predicted molar refractivity (Wildman–Crippen MR) is 425 cm³/mol. The molecule has 0 fully saturated rings. The van der Waals surface area contributed by atoms with Crippen molar-refractivity contribution >= 4 is 51.2 Å². The molecule has 0 bridgehead atoms. The maximum absolute atomic E-state index is 13.6. The van der Waals surface area contributed by atoms with Crippen LogP contribution in [-0.2, 0) is 74.9 Å². The van der Waals surface area contributed by atoms with Crippen molar-refractivity contribution in [3.8, 4) is 0 Å². The van der Waals surface area contributed by atoms with E-state index < -0.39 is 90.4 Å². The van der Waals surface area contributed by atoms with E-state index in [0.717, 1.165) is 167 Å². The molecular formula is C82H154N4O20P2-2. The maximum atomic E-state index is 13.6. The fourth-order valence-corrected chi connectivity index (χ4v) is 13.6. The Morgan fingerprint density at radius 1 is 0.343 bits per heavy atom. The lowest BCUT2D eigenvalue weighted by Gasteiger charge is -2.27. The first-order valence-electron chi connectivity index (χ1n) is 42.7. The van der Waals surface area contributed by atoms with Crippen LogP contribution in [0.1, 0.15) is 363 Å². The molecule has 6 unspecified atom stereocenters. The summed E-state index contributed by atoms with van der Waals surface area (Å²) in [4.78, 5) is 105. The number of unbranched alkanes of at least 4 members (excludes halogenated alkanes) is 29. The summed E-state index contributed by atoms with van der Waals surface area (Å²) < 4.78 is 70.0. The van der Waals surface area contributed by atoms with Crippen molar-refractivity contribution in [2.75, 3.05) is 65.9 Å². The minimum absolute atomic E-state index is 0.130. The molecule has 0 aliphatic heterocycles. The van der Waals surface area contributed by atoms with E-state index in [-0.39, 0.29) is 102 Å². The second-order valence-electron chi connectivity index (χ2n) is 29.2. The molecule has 0 aromatic heterocycles. The number of hydrogen-bond donors (Lipinski definition) is 6. The average molecular weight is 1580 g/mol. The lowest BCUT2D eigenvalue weighted by atomic mass is 10.1. The summed E-state index contributed by atoms with van der Waals surface area (Å²) in [6.07, 6.45) is 46.4. The highest BCUT2D eigenvalue weighted by atomic mass is 31.2. The number of carbonyl (C=O) groups is 6. The van der Waals surface area contributed by atoms with Gasteiger partial charge in [-0.1, -0.05) is 233 Å². The fraction of sp³-hybridized carbons (Fsp3) is 0.878. The molecule has 6 N–H and O–H groups in total. The number of carbonyl (C=O) groups excluding carboxylic acids is 6. The quantitative estimate of drug-likeness (QED) is 0.0143. The molecular weight excluding hydrogens is 1420 g/mol. The largest absolute Gasteiger partial charge is 0.756 e. The molecule has 0 aliphatic rings. The number of allylic oxidation sites excluding steroid dienone is 4. The van der Waals surface area contributed by atoms with Gasteiger partial charge in [0.2, 0.25) is 23.6 Å². The van der Waals surface area contributed by atoms with Crippen LogP contribution in [-0.4, -0.2) is 148 Å². The van der Waals surface area contributed by atoms with Gasteiger partial charge in [0.15, 0.2) is 0 Å². The summed E-state index contributed by atoms with van der Waals surface area (Å²) in [6, 6.07) is -1.89. The summed E-state index contributed by atoms with van der Waals surface area (Å²) in [6.45, 7) is 10.8. The van der Waals surface area contributed by atoms with Crippen LogP contribution in [0.25, 0.3) is 0 Å². The Morgan fingerprint density at radius 3 is 0.991 bits per heavy atom. The fourth-order valence-electron chi connectivity index (χ4n) is 12.1. The van der Waals surface area contributed by atoms with Gasteiger partial charge in [0.25, 0.3) is 15.6 Å². The number of aliphatic hydroxyl groups excluding tert-OH is 2. The molecule has 26 heteroatoms. The molecule has 4 amide bonds. The van der Waals surface area contributed by atoms with Gasteiger partial charge in [-0.3, -0.25) is 37.9 Å². The molecule has 0 aromatic carbocycles. The van der Waals surface area contributed by atoms with E-state index in [1.807, 2.05) is 0 Å². The van der Waals surface area contributed by atoms with Crippen LogP contribution in [0.15, 0.2) is 24.3 Å². The van der Waals surface area contributed by atoms with E-state index in [2.05, 4.69) is 87.1 Å². The molecule has 634 valence electrons. The van der Waals surface area contributed by atoms with Crippen molar-refractivity contribution < 1.29 is 94.9 Å². The molecule has 8 atom stereocenters. The highest BCUT2D eigenvalue weighted by Gasteiger charge is 2.26. The van der Waals surface area contributed by atoms with Crippen molar-refractivity contribution in [2.24, 2.45) is 0 Å². The Balaban J connectivity index is 5.31. The number of amides is 4. The van der Waals surface area contributed by atoms with Crippen molar-refractivity contribution in [2.45, 2.75) is 399 Å². The van der Waals surface area contributed by atoms with Crippen LogP contribution in [0, 0.1) is 0 Å². The van der Waals surface area contributed by atoms with Gasteiger partial charge in [-0.2, -0.15) is 0 Å². The zero-order valence-electron chi connectivity index (χ0n) is 68.3. The predicted octanol–water partition coefficient (Wildman–Crippen LogP) is 16.5. The monoisotopic (exact) mass is 1580 g/mol. The van der Waals surface area contributed by atoms with Crippen LogP contribution in [0.2, 0.25) is 0 Å². The smallest absolute Gasteiger partial charge is 0.306 e. The Kier molecular flexibility index (Phi) is 72.2. The zero-order chi connectivity index (χ0) is 79.7. The number of phosphoric ester groups is 2. The van der Waals surface area contributed by atoms with Gasteiger partial charge in [0, 0.05) is 52.0 Å². The van der Waals surface area contributed by atoms with Gasteiger partial charge in [-0.25, -0.2) is 0 Å². The number of esters is 2. The van der Waals surface area contributed by atoms with E-state index in [1.54, 1.807) is 0 Å². The molecule has 0 saturated heterocycles. The van der Waals surface area contributed by atoms with Gasteiger partial charge in [-0.05, 0) is 116 Å². The van der Waals surface area contributed by atoms with Crippen LogP contribution in [0.3, 0.4) is 0 Å². The molecule has 0 heterocycles. The van der Waals surface area contributed by atoms with E-state index in [9.17, 15) is 57.9 Å². The van der Waals surface area contributed by atoms with E-state index in [0.29, 0.717) is 77.0 Å². The standard InChI is InChI=1S/C82H156N4O20P2/c1-7-13-19-25-27-29-31-37-47-55-81(93)105-75(51-43-35-23-17-11-5)65-79(91)85-71(67-99-61-57-73(87)49-41-33-21-15-9-3)69-103-107(95,96)101-63-59-83-77(89)53-45-39-40-46-54-78(90)84-60-64-102-108(97,98)104-70-72(68-100-62-58-74(88)50-42-34-22-16-10-4)86-80(92)66-76(52-44-36-24-18-12-6)106-82(94)56-48-38-32-30-28-26-20-14-8-2/h29-32,71-76,87-88H,7-28,33-70H2,1-6H3,(H,83,89)(H,84,90)(H,85,91)(H,86,92)(H,95,96)(H,97,98)/p-2/b31-29-,32-30-/t71?,72?,73?,74?,75-,76-/m1/s1. The zero-order valence-corrected chi connectivity index (χ0v) is 70.1. The van der Waals surface area contributed by atoms with Crippen molar-refractivity contribution in [3.05, 3.63) is 24.3 Å². The van der Waals surface area contributed by atoms with Crippen LogP contribution in [0.4, 0.5) is 0 Å². The number of rotatable bonds is 81. The Morgan fingerprint density at radius 2 is 0.648 bits per heavy atom.